The molecule has 7 heteroatoms. The van der Waals surface area contributed by atoms with E-state index in [0.29, 0.717) is 48.4 Å². The molecule has 2 aromatic rings. The number of rotatable bonds is 5. The Hall–Kier alpha value is -3.22. The van der Waals surface area contributed by atoms with Gasteiger partial charge in [0.15, 0.2) is 11.5 Å². The summed E-state index contributed by atoms with van der Waals surface area (Å²) in [6.45, 7) is 3.47. The van der Waals surface area contributed by atoms with E-state index in [1.54, 1.807) is 36.4 Å². The highest BCUT2D eigenvalue weighted by atomic mass is 16.6. The van der Waals surface area contributed by atoms with Crippen LogP contribution in [0.3, 0.4) is 0 Å². The van der Waals surface area contributed by atoms with Gasteiger partial charge < -0.3 is 19.5 Å². The van der Waals surface area contributed by atoms with Crippen molar-refractivity contribution in [1.29, 1.82) is 0 Å². The first kappa shape index (κ1) is 17.2. The van der Waals surface area contributed by atoms with Crippen LogP contribution in [0, 0.1) is 0 Å². The topological polar surface area (TPSA) is 77.1 Å². The van der Waals surface area contributed by atoms with Crippen molar-refractivity contribution in [1.82, 2.24) is 0 Å². The van der Waals surface area contributed by atoms with E-state index >= 15 is 0 Å². The lowest BCUT2D eigenvalue weighted by Crippen LogP contribution is -2.34. The molecule has 2 aromatic carbocycles. The number of anilines is 2. The number of benzene rings is 2. The Kier molecular flexibility index (Phi) is 4.58. The summed E-state index contributed by atoms with van der Waals surface area (Å²) in [7, 11) is 0. The van der Waals surface area contributed by atoms with E-state index in [4.69, 9.17) is 14.2 Å². The predicted octanol–water partition coefficient (Wildman–Crippen LogP) is 2.60. The summed E-state index contributed by atoms with van der Waals surface area (Å²) in [5.41, 5.74) is 1.25. The molecule has 2 heterocycles. The fraction of sp³-hybridized carbons (Fsp3) is 0.300. The Labute approximate surface area is 156 Å². The number of hydrogen-bond acceptors (Lipinski definition) is 6. The van der Waals surface area contributed by atoms with Gasteiger partial charge in [-0.25, -0.2) is 4.90 Å². The SMILES string of the molecule is CCOc1ccc(N2C(=O)C[C@@H](Nc3ccc4c(c3)OCCO4)C2=O)cc1. The van der Waals surface area contributed by atoms with Crippen LogP contribution in [0.25, 0.3) is 0 Å². The lowest BCUT2D eigenvalue weighted by atomic mass is 10.2. The van der Waals surface area contributed by atoms with Gasteiger partial charge in [-0.2, -0.15) is 0 Å². The zero-order chi connectivity index (χ0) is 18.8. The minimum atomic E-state index is -0.619. The molecule has 2 aliphatic heterocycles. The summed E-state index contributed by atoms with van der Waals surface area (Å²) in [5, 5.41) is 3.13. The Balaban J connectivity index is 1.49. The number of nitrogens with one attached hydrogen (secondary N) is 1. The Morgan fingerprint density at radius 3 is 2.56 bits per heavy atom. The molecule has 7 nitrogen and oxygen atoms in total. The maximum Gasteiger partial charge on any atom is 0.256 e. The summed E-state index contributed by atoms with van der Waals surface area (Å²) in [6, 6.07) is 11.7. The van der Waals surface area contributed by atoms with Gasteiger partial charge in [-0.15, -0.1) is 0 Å². The van der Waals surface area contributed by atoms with Crippen molar-refractivity contribution in [2.45, 2.75) is 19.4 Å². The van der Waals surface area contributed by atoms with Crippen LogP contribution in [-0.4, -0.2) is 37.7 Å². The van der Waals surface area contributed by atoms with Gasteiger partial charge >= 0.3 is 0 Å². The van der Waals surface area contributed by atoms with Crippen molar-refractivity contribution < 1.29 is 23.8 Å². The van der Waals surface area contributed by atoms with Crippen LogP contribution in [0.1, 0.15) is 13.3 Å². The Morgan fingerprint density at radius 2 is 1.81 bits per heavy atom. The molecule has 1 saturated heterocycles. The predicted molar refractivity (Wildman–Crippen MR) is 99.6 cm³/mol. The summed E-state index contributed by atoms with van der Waals surface area (Å²) < 4.78 is 16.5. The second kappa shape index (κ2) is 7.19. The van der Waals surface area contributed by atoms with E-state index in [-0.39, 0.29) is 18.2 Å². The van der Waals surface area contributed by atoms with E-state index in [1.165, 1.54) is 4.90 Å². The zero-order valence-electron chi connectivity index (χ0n) is 14.9. The van der Waals surface area contributed by atoms with Gasteiger partial charge in [0.2, 0.25) is 5.91 Å². The third-order valence-electron chi connectivity index (χ3n) is 4.44. The fourth-order valence-corrected chi connectivity index (χ4v) is 3.21. The van der Waals surface area contributed by atoms with Gasteiger partial charge in [-0.3, -0.25) is 9.59 Å². The molecule has 0 radical (unpaired) electrons. The van der Waals surface area contributed by atoms with Crippen molar-refractivity contribution in [3.05, 3.63) is 42.5 Å². The molecule has 1 fully saturated rings. The number of carbonyl (C=O) groups is 2. The maximum atomic E-state index is 12.8. The average Bonchev–Trinajstić information content (AvgIpc) is 2.96. The summed E-state index contributed by atoms with van der Waals surface area (Å²) >= 11 is 0. The van der Waals surface area contributed by atoms with E-state index in [1.807, 2.05) is 13.0 Å². The molecule has 1 N–H and O–H groups in total. The number of hydrogen-bond donors (Lipinski definition) is 1. The van der Waals surface area contributed by atoms with Gasteiger partial charge in [-0.05, 0) is 43.3 Å². The van der Waals surface area contributed by atoms with E-state index in [0.717, 1.165) is 0 Å². The van der Waals surface area contributed by atoms with Crippen LogP contribution in [-0.2, 0) is 9.59 Å². The van der Waals surface area contributed by atoms with Crippen LogP contribution in [0.2, 0.25) is 0 Å². The molecule has 2 aliphatic rings. The lowest BCUT2D eigenvalue weighted by Gasteiger charge is -2.20. The molecular weight excluding hydrogens is 348 g/mol. The first-order valence-electron chi connectivity index (χ1n) is 8.91. The average molecular weight is 368 g/mol. The second-order valence-corrected chi connectivity index (χ2v) is 6.25. The van der Waals surface area contributed by atoms with Gasteiger partial charge in [0.25, 0.3) is 5.91 Å². The highest BCUT2D eigenvalue weighted by molar-refractivity contribution is 6.23. The molecule has 0 unspecified atom stereocenters. The highest BCUT2D eigenvalue weighted by Gasteiger charge is 2.39. The van der Waals surface area contributed by atoms with Crippen molar-refractivity contribution in [2.75, 3.05) is 30.0 Å². The smallest absolute Gasteiger partial charge is 0.256 e. The zero-order valence-corrected chi connectivity index (χ0v) is 14.9. The van der Waals surface area contributed by atoms with Gasteiger partial charge in [0.1, 0.15) is 25.0 Å². The van der Waals surface area contributed by atoms with Gasteiger partial charge in [0, 0.05) is 11.8 Å². The standard InChI is InChI=1S/C20H20N2O5/c1-2-25-15-6-4-14(5-7-15)22-19(23)12-16(20(22)24)21-13-3-8-17-18(11-13)27-10-9-26-17/h3-8,11,16,21H,2,9-10,12H2,1H3/t16-/m1/s1. The first-order valence-corrected chi connectivity index (χ1v) is 8.91. The normalized spacial score (nSPS) is 18.6. The van der Waals surface area contributed by atoms with Crippen LogP contribution < -0.4 is 24.4 Å². The van der Waals surface area contributed by atoms with Crippen LogP contribution in [0.5, 0.6) is 17.2 Å². The van der Waals surface area contributed by atoms with Crippen molar-refractivity contribution >= 4 is 23.2 Å². The number of amides is 2. The largest absolute Gasteiger partial charge is 0.494 e. The molecule has 0 aliphatic carbocycles. The molecule has 27 heavy (non-hydrogen) atoms. The number of ether oxygens (including phenoxy) is 3. The van der Waals surface area contributed by atoms with E-state index in [9.17, 15) is 9.59 Å². The van der Waals surface area contributed by atoms with Crippen molar-refractivity contribution in [3.8, 4) is 17.2 Å². The molecule has 0 spiro atoms. The van der Waals surface area contributed by atoms with E-state index < -0.39 is 6.04 Å². The fourth-order valence-electron chi connectivity index (χ4n) is 3.21. The number of carbonyl (C=O) groups excluding carboxylic acids is 2. The summed E-state index contributed by atoms with van der Waals surface area (Å²) in [5.74, 6) is 1.49. The molecule has 2 amide bonds. The molecular formula is C20H20N2O5. The van der Waals surface area contributed by atoms with Gasteiger partial charge in [0.05, 0.1) is 18.7 Å². The van der Waals surface area contributed by atoms with Crippen LogP contribution >= 0.6 is 0 Å². The molecule has 0 aromatic heterocycles. The number of nitrogens with zero attached hydrogens (tertiary/aromatic N) is 1. The molecule has 1 atom stereocenters. The quantitative estimate of drug-likeness (QED) is 0.818. The summed E-state index contributed by atoms with van der Waals surface area (Å²) in [6.07, 6.45) is 0.0977. The monoisotopic (exact) mass is 368 g/mol. The molecule has 0 saturated carbocycles. The Morgan fingerprint density at radius 1 is 1.07 bits per heavy atom. The summed E-state index contributed by atoms with van der Waals surface area (Å²) in [4.78, 5) is 26.4. The third-order valence-corrected chi connectivity index (χ3v) is 4.44. The van der Waals surface area contributed by atoms with Gasteiger partial charge in [-0.1, -0.05) is 0 Å². The van der Waals surface area contributed by atoms with Crippen LogP contribution in [0.4, 0.5) is 11.4 Å². The highest BCUT2D eigenvalue weighted by Crippen LogP contribution is 2.34. The number of imide groups is 1. The minimum Gasteiger partial charge on any atom is -0.494 e. The van der Waals surface area contributed by atoms with E-state index in [2.05, 4.69) is 5.32 Å². The minimum absolute atomic E-state index is 0.0977. The Bertz CT molecular complexity index is 865. The first-order chi connectivity index (χ1) is 13.2. The second-order valence-electron chi connectivity index (χ2n) is 6.25. The lowest BCUT2D eigenvalue weighted by molar-refractivity contribution is -0.121. The third kappa shape index (κ3) is 3.40. The maximum absolute atomic E-state index is 12.8. The van der Waals surface area contributed by atoms with Crippen LogP contribution in [0.15, 0.2) is 42.5 Å². The number of fused-ring (bicyclic) bond motifs is 1. The molecule has 4 rings (SSSR count). The van der Waals surface area contributed by atoms with Crippen molar-refractivity contribution in [2.24, 2.45) is 0 Å². The van der Waals surface area contributed by atoms with Crippen molar-refractivity contribution in [3.63, 3.8) is 0 Å². The molecule has 0 bridgehead atoms. The molecule has 140 valence electrons.